The van der Waals surface area contributed by atoms with E-state index in [0.29, 0.717) is 17.5 Å². The number of hydrogen-bond acceptors (Lipinski definition) is 5. The van der Waals surface area contributed by atoms with Crippen LogP contribution in [0, 0.1) is 0 Å². The zero-order valence-corrected chi connectivity index (χ0v) is 34.4. The molecule has 0 unspecified atom stereocenters. The lowest BCUT2D eigenvalue weighted by Gasteiger charge is -2.11. The second-order valence-electron chi connectivity index (χ2n) is 16.4. The number of furan rings is 1. The molecule has 0 aliphatic heterocycles. The number of nitrogens with zero attached hydrogens (tertiary/aromatic N) is 4. The van der Waals surface area contributed by atoms with Gasteiger partial charge in [0.1, 0.15) is 11.2 Å². The highest BCUT2D eigenvalue weighted by atomic mass is 32.1. The summed E-state index contributed by atoms with van der Waals surface area (Å²) in [6, 6.07) is 69.2. The number of thiophene rings is 1. The summed E-state index contributed by atoms with van der Waals surface area (Å²) in [4.78, 5) is 15.3. The van der Waals surface area contributed by atoms with Crippen LogP contribution in [0.25, 0.3) is 136 Å². The molecule has 0 saturated carbocycles. The van der Waals surface area contributed by atoms with Crippen LogP contribution in [-0.2, 0) is 0 Å². The standard InChI is InChI=1S/C57H32N4OS/c1-2-11-34(12-3-1)55-58-56(60-57(59-55)39-21-27-52-46(30-39)43-16-8-9-17-51(43)63-52)38-19-23-41-37(28-38)20-25-50-53(41)47-32-40(22-26-49(47)62-50)61-48-31-36-14-5-4-13-35(36)29-45(48)44-24-18-33-10-6-7-15-42(33)54(44)61/h1-32H. The Bertz CT molecular complexity index is 4220. The smallest absolute Gasteiger partial charge is 0.164 e. The van der Waals surface area contributed by atoms with Crippen LogP contribution >= 0.6 is 11.3 Å². The van der Waals surface area contributed by atoms with Crippen molar-refractivity contribution in [3.63, 3.8) is 0 Å². The van der Waals surface area contributed by atoms with E-state index in [0.717, 1.165) is 55.1 Å². The molecule has 4 aromatic heterocycles. The Morgan fingerprint density at radius 3 is 1.87 bits per heavy atom. The van der Waals surface area contributed by atoms with Crippen LogP contribution in [0.4, 0.5) is 0 Å². The first-order valence-electron chi connectivity index (χ1n) is 21.2. The number of fused-ring (bicyclic) bond motifs is 14. The van der Waals surface area contributed by atoms with E-state index in [-0.39, 0.29) is 0 Å². The second kappa shape index (κ2) is 13.2. The average molecular weight is 821 g/mol. The maximum Gasteiger partial charge on any atom is 0.164 e. The Labute approximate surface area is 363 Å². The number of rotatable bonds is 4. The van der Waals surface area contributed by atoms with Gasteiger partial charge in [-0.25, -0.2) is 15.0 Å². The van der Waals surface area contributed by atoms with Crippen molar-refractivity contribution in [1.29, 1.82) is 0 Å². The van der Waals surface area contributed by atoms with Crippen molar-refractivity contribution >= 4 is 108 Å². The van der Waals surface area contributed by atoms with Crippen molar-refractivity contribution in [1.82, 2.24) is 19.5 Å². The van der Waals surface area contributed by atoms with Gasteiger partial charge in [-0.05, 0) is 93.7 Å². The van der Waals surface area contributed by atoms with Crippen LogP contribution in [0.5, 0.6) is 0 Å². The minimum absolute atomic E-state index is 0.626. The van der Waals surface area contributed by atoms with Gasteiger partial charge in [-0.15, -0.1) is 11.3 Å². The van der Waals surface area contributed by atoms with E-state index in [9.17, 15) is 0 Å². The van der Waals surface area contributed by atoms with Gasteiger partial charge in [-0.3, -0.25) is 0 Å². The number of hydrogen-bond donors (Lipinski definition) is 0. The van der Waals surface area contributed by atoms with Gasteiger partial charge in [-0.2, -0.15) is 0 Å². The fraction of sp³-hybridized carbons (Fsp3) is 0. The van der Waals surface area contributed by atoms with Crippen LogP contribution in [-0.4, -0.2) is 19.5 Å². The summed E-state index contributed by atoms with van der Waals surface area (Å²) >= 11 is 1.81. The van der Waals surface area contributed by atoms with Crippen molar-refractivity contribution in [2.75, 3.05) is 0 Å². The van der Waals surface area contributed by atoms with E-state index in [1.807, 2.05) is 29.5 Å². The van der Waals surface area contributed by atoms with E-state index < -0.39 is 0 Å². The lowest BCUT2D eigenvalue weighted by Crippen LogP contribution is -2.00. The van der Waals surface area contributed by atoms with Gasteiger partial charge in [0, 0.05) is 69.5 Å². The zero-order chi connectivity index (χ0) is 41.2. The van der Waals surface area contributed by atoms with Crippen LogP contribution < -0.4 is 0 Å². The van der Waals surface area contributed by atoms with Crippen molar-refractivity contribution in [3.8, 4) is 39.9 Å². The summed E-state index contributed by atoms with van der Waals surface area (Å²) in [5.41, 5.74) is 7.99. The predicted molar refractivity (Wildman–Crippen MR) is 263 cm³/mol. The first kappa shape index (κ1) is 34.5. The highest BCUT2D eigenvalue weighted by molar-refractivity contribution is 7.25. The molecule has 14 aromatic rings. The molecule has 14 rings (SSSR count). The highest BCUT2D eigenvalue weighted by Crippen LogP contribution is 2.42. The largest absolute Gasteiger partial charge is 0.456 e. The summed E-state index contributed by atoms with van der Waals surface area (Å²) in [7, 11) is 0. The summed E-state index contributed by atoms with van der Waals surface area (Å²) in [5, 5.41) is 14.2. The lowest BCUT2D eigenvalue weighted by molar-refractivity contribution is 0.669. The molecule has 0 bridgehead atoms. The third-order valence-electron chi connectivity index (χ3n) is 12.8. The van der Waals surface area contributed by atoms with Crippen molar-refractivity contribution in [2.24, 2.45) is 0 Å². The van der Waals surface area contributed by atoms with E-state index in [1.54, 1.807) is 0 Å². The van der Waals surface area contributed by atoms with E-state index in [4.69, 9.17) is 19.4 Å². The monoisotopic (exact) mass is 820 g/mol. The van der Waals surface area contributed by atoms with Gasteiger partial charge >= 0.3 is 0 Å². The minimum Gasteiger partial charge on any atom is -0.456 e. The molecule has 63 heavy (non-hydrogen) atoms. The minimum atomic E-state index is 0.626. The number of benzene rings is 10. The number of aromatic nitrogens is 4. The van der Waals surface area contributed by atoms with Crippen LogP contribution in [0.3, 0.4) is 0 Å². The molecule has 292 valence electrons. The van der Waals surface area contributed by atoms with Gasteiger partial charge in [0.2, 0.25) is 0 Å². The van der Waals surface area contributed by atoms with Crippen molar-refractivity contribution < 1.29 is 4.42 Å². The van der Waals surface area contributed by atoms with Crippen LogP contribution in [0.2, 0.25) is 0 Å². The molecule has 5 nitrogen and oxygen atoms in total. The Kier molecular flexibility index (Phi) is 7.21. The molecule has 0 radical (unpaired) electrons. The fourth-order valence-electron chi connectivity index (χ4n) is 9.82. The topological polar surface area (TPSA) is 56.7 Å². The summed E-state index contributed by atoms with van der Waals surface area (Å²) < 4.78 is 11.6. The maximum absolute atomic E-state index is 6.59. The Morgan fingerprint density at radius 1 is 0.365 bits per heavy atom. The molecule has 0 spiro atoms. The zero-order valence-electron chi connectivity index (χ0n) is 33.6. The fourth-order valence-corrected chi connectivity index (χ4v) is 10.9. The molecule has 0 aliphatic carbocycles. The molecule has 0 aliphatic rings. The third kappa shape index (κ3) is 5.25. The Balaban J connectivity index is 0.955. The van der Waals surface area contributed by atoms with Gasteiger partial charge in [-0.1, -0.05) is 127 Å². The van der Waals surface area contributed by atoms with Crippen molar-refractivity contribution in [3.05, 3.63) is 194 Å². The molecule has 0 N–H and O–H groups in total. The normalized spacial score (nSPS) is 12.1. The average Bonchev–Trinajstić information content (AvgIpc) is 4.02. The molecule has 6 heteroatoms. The first-order valence-corrected chi connectivity index (χ1v) is 22.0. The molecule has 4 heterocycles. The molecule has 0 fully saturated rings. The first-order chi connectivity index (χ1) is 31.2. The SMILES string of the molecule is c1ccc(-c2nc(-c3ccc4c(ccc5oc6ccc(-n7c8cc9ccccc9cc8c8ccc9ccccc9c87)cc6c54)c3)nc(-c3ccc4sc5ccccc5c4c3)n2)cc1. The third-order valence-corrected chi connectivity index (χ3v) is 13.9. The van der Waals surface area contributed by atoms with Gasteiger partial charge < -0.3 is 8.98 Å². The highest BCUT2D eigenvalue weighted by Gasteiger charge is 2.20. The van der Waals surface area contributed by atoms with Gasteiger partial charge in [0.25, 0.3) is 0 Å². The lowest BCUT2D eigenvalue weighted by atomic mass is 10.0. The molecular weight excluding hydrogens is 789 g/mol. The molecule has 0 saturated heterocycles. The van der Waals surface area contributed by atoms with E-state index in [1.165, 1.54) is 63.5 Å². The predicted octanol–water partition coefficient (Wildman–Crippen LogP) is 15.7. The van der Waals surface area contributed by atoms with E-state index in [2.05, 4.69) is 180 Å². The second-order valence-corrected chi connectivity index (χ2v) is 17.5. The summed E-state index contributed by atoms with van der Waals surface area (Å²) in [6.45, 7) is 0. The van der Waals surface area contributed by atoms with Gasteiger partial charge in [0.05, 0.1) is 11.0 Å². The molecule has 0 atom stereocenters. The van der Waals surface area contributed by atoms with Crippen molar-refractivity contribution in [2.45, 2.75) is 0 Å². The Morgan fingerprint density at radius 2 is 1.02 bits per heavy atom. The van der Waals surface area contributed by atoms with Gasteiger partial charge in [0.15, 0.2) is 17.5 Å². The molecular formula is C57H32N4OS. The maximum atomic E-state index is 6.59. The summed E-state index contributed by atoms with van der Waals surface area (Å²) in [5.74, 6) is 1.91. The van der Waals surface area contributed by atoms with Crippen LogP contribution in [0.1, 0.15) is 0 Å². The molecule has 0 amide bonds. The molecule has 10 aromatic carbocycles. The quantitative estimate of drug-likeness (QED) is 0.177. The summed E-state index contributed by atoms with van der Waals surface area (Å²) in [6.07, 6.45) is 0. The van der Waals surface area contributed by atoms with Crippen LogP contribution in [0.15, 0.2) is 199 Å². The Hall–Kier alpha value is -8.19. The van der Waals surface area contributed by atoms with E-state index >= 15 is 0 Å².